The van der Waals surface area contributed by atoms with Crippen LogP contribution in [0.25, 0.3) is 0 Å². The van der Waals surface area contributed by atoms with Gasteiger partial charge < -0.3 is 33.9 Å². The number of carbonyl (C=O) groups is 2. The molecular formula is C31H33NO9. The first-order valence-corrected chi connectivity index (χ1v) is 13.1. The van der Waals surface area contributed by atoms with Crippen LogP contribution in [0.5, 0.6) is 17.2 Å². The first-order chi connectivity index (χ1) is 19.7. The first kappa shape index (κ1) is 29.4. The van der Waals surface area contributed by atoms with Gasteiger partial charge in [0.15, 0.2) is 29.7 Å². The summed E-state index contributed by atoms with van der Waals surface area (Å²) >= 11 is 0. The number of carboxylic acid groups (broad SMARTS) is 1. The van der Waals surface area contributed by atoms with Gasteiger partial charge in [0.2, 0.25) is 5.90 Å². The Bertz CT molecular complexity index is 1390. The second-order valence-electron chi connectivity index (χ2n) is 9.66. The maximum atomic E-state index is 12.7. The molecule has 0 fully saturated rings. The van der Waals surface area contributed by atoms with E-state index < -0.39 is 35.8 Å². The van der Waals surface area contributed by atoms with Gasteiger partial charge in [0.1, 0.15) is 18.0 Å². The van der Waals surface area contributed by atoms with Gasteiger partial charge in [-0.2, -0.15) is 0 Å². The van der Waals surface area contributed by atoms with Gasteiger partial charge in [0, 0.05) is 5.56 Å². The van der Waals surface area contributed by atoms with E-state index in [0.717, 1.165) is 5.56 Å². The average Bonchev–Trinajstić information content (AvgIpc) is 3.45. The number of benzene rings is 3. The van der Waals surface area contributed by atoms with Crippen molar-refractivity contribution in [2.24, 2.45) is 4.99 Å². The Balaban J connectivity index is 1.70. The number of aliphatic hydroxyl groups excluding tert-OH is 1. The summed E-state index contributed by atoms with van der Waals surface area (Å²) in [6.07, 6.45) is -2.51. The largest absolute Gasteiger partial charge is 0.497 e. The number of aliphatic hydroxyl groups is 1. The summed E-state index contributed by atoms with van der Waals surface area (Å²) < 4.78 is 28.6. The third-order valence-electron chi connectivity index (χ3n) is 6.95. The lowest BCUT2D eigenvalue weighted by molar-refractivity contribution is -0.159. The van der Waals surface area contributed by atoms with Gasteiger partial charge in [-0.3, -0.25) is 0 Å². The SMILES string of the molecule is CC[C@@](C)(Oc1cc([C@H]2OC(c3ccc(OC)cc3)=N[C@@H]2C(=O)OC)ccc1OCc1ccccc1)[C@@H](O)C(=O)O. The highest BCUT2D eigenvalue weighted by Crippen LogP contribution is 2.39. The van der Waals surface area contributed by atoms with Crippen LogP contribution in [-0.4, -0.2) is 60.0 Å². The molecule has 3 aromatic carbocycles. The quantitative estimate of drug-likeness (QED) is 0.309. The highest BCUT2D eigenvalue weighted by Gasteiger charge is 2.42. The lowest BCUT2D eigenvalue weighted by Gasteiger charge is -2.33. The molecule has 1 aliphatic heterocycles. The van der Waals surface area contributed by atoms with E-state index in [1.807, 2.05) is 30.3 Å². The van der Waals surface area contributed by atoms with Crippen molar-refractivity contribution >= 4 is 17.8 Å². The number of carbonyl (C=O) groups excluding carboxylic acids is 1. The molecule has 0 bridgehead atoms. The van der Waals surface area contributed by atoms with Gasteiger partial charge in [0.25, 0.3) is 0 Å². The number of aliphatic imine (C=N–C) groups is 1. The Morgan fingerprint density at radius 1 is 1.02 bits per heavy atom. The predicted molar refractivity (Wildman–Crippen MR) is 149 cm³/mol. The normalized spacial score (nSPS) is 18.3. The minimum Gasteiger partial charge on any atom is -0.497 e. The maximum Gasteiger partial charge on any atom is 0.336 e. The lowest BCUT2D eigenvalue weighted by atomic mass is 9.95. The van der Waals surface area contributed by atoms with Crippen molar-refractivity contribution in [2.75, 3.05) is 14.2 Å². The summed E-state index contributed by atoms with van der Waals surface area (Å²) in [6.45, 7) is 3.44. The summed E-state index contributed by atoms with van der Waals surface area (Å²) in [7, 11) is 2.84. The fraction of sp³-hybridized carbons (Fsp3) is 0.323. The summed E-state index contributed by atoms with van der Waals surface area (Å²) in [5.41, 5.74) is 0.578. The van der Waals surface area contributed by atoms with Crippen LogP contribution < -0.4 is 14.2 Å². The van der Waals surface area contributed by atoms with E-state index in [9.17, 15) is 19.8 Å². The molecule has 4 rings (SSSR count). The molecule has 0 radical (unpaired) electrons. The van der Waals surface area contributed by atoms with E-state index in [1.54, 1.807) is 56.5 Å². The Morgan fingerprint density at radius 3 is 2.34 bits per heavy atom. The van der Waals surface area contributed by atoms with Gasteiger partial charge in [-0.25, -0.2) is 14.6 Å². The van der Waals surface area contributed by atoms with Crippen molar-refractivity contribution in [3.8, 4) is 17.2 Å². The number of esters is 1. The van der Waals surface area contributed by atoms with Crippen LogP contribution in [0.3, 0.4) is 0 Å². The predicted octanol–water partition coefficient (Wildman–Crippen LogP) is 4.33. The van der Waals surface area contributed by atoms with Crippen molar-refractivity contribution in [3.05, 3.63) is 89.5 Å². The zero-order chi connectivity index (χ0) is 29.6. The molecule has 10 nitrogen and oxygen atoms in total. The van der Waals surface area contributed by atoms with Gasteiger partial charge in [-0.1, -0.05) is 43.3 Å². The minimum atomic E-state index is -1.81. The van der Waals surface area contributed by atoms with Crippen LogP contribution in [0.1, 0.15) is 43.1 Å². The van der Waals surface area contributed by atoms with Crippen LogP contribution in [0.2, 0.25) is 0 Å². The molecule has 0 saturated carbocycles. The van der Waals surface area contributed by atoms with Crippen molar-refractivity contribution in [2.45, 2.75) is 50.7 Å². The lowest BCUT2D eigenvalue weighted by Crippen LogP contribution is -2.48. The van der Waals surface area contributed by atoms with Crippen molar-refractivity contribution in [3.63, 3.8) is 0 Å². The second kappa shape index (κ2) is 12.7. The van der Waals surface area contributed by atoms with Gasteiger partial charge >= 0.3 is 11.9 Å². The molecule has 0 aromatic heterocycles. The number of hydrogen-bond acceptors (Lipinski definition) is 9. The van der Waals surface area contributed by atoms with Crippen LogP contribution in [0, 0.1) is 0 Å². The highest BCUT2D eigenvalue weighted by atomic mass is 16.6. The molecular weight excluding hydrogens is 530 g/mol. The summed E-state index contributed by atoms with van der Waals surface area (Å²) in [5.74, 6) is -0.611. The average molecular weight is 564 g/mol. The topological polar surface area (TPSA) is 133 Å². The number of methoxy groups -OCH3 is 2. The van der Waals surface area contributed by atoms with Crippen LogP contribution in [0.4, 0.5) is 0 Å². The van der Waals surface area contributed by atoms with Gasteiger partial charge in [-0.05, 0) is 60.9 Å². The molecule has 0 saturated heterocycles. The Labute approximate surface area is 238 Å². The molecule has 4 atom stereocenters. The van der Waals surface area contributed by atoms with Crippen LogP contribution in [-0.2, 0) is 25.7 Å². The third-order valence-corrected chi connectivity index (χ3v) is 6.95. The standard InChI is InChI=1S/C31H33NO9/c1-5-31(2,27(33)29(34)35)41-24-17-21(13-16-23(24)39-18-19-9-7-6-8-10-19)26-25(30(36)38-4)32-28(40-26)20-11-14-22(37-3)15-12-20/h6-17,25-27,33H,5,18H2,1-4H3,(H,34,35)/t25-,26+,27-,31+/m0/s1. The van der Waals surface area contributed by atoms with Crippen molar-refractivity contribution in [1.82, 2.24) is 0 Å². The fourth-order valence-electron chi connectivity index (χ4n) is 4.30. The number of hydrogen-bond donors (Lipinski definition) is 2. The second-order valence-corrected chi connectivity index (χ2v) is 9.66. The molecule has 41 heavy (non-hydrogen) atoms. The Hall–Kier alpha value is -4.57. The number of aliphatic carboxylic acids is 1. The summed E-state index contributed by atoms with van der Waals surface area (Å²) in [4.78, 5) is 28.9. The minimum absolute atomic E-state index is 0.174. The van der Waals surface area contributed by atoms with Crippen LogP contribution >= 0.6 is 0 Å². The molecule has 0 spiro atoms. The molecule has 0 amide bonds. The number of ether oxygens (including phenoxy) is 5. The molecule has 0 aliphatic carbocycles. The smallest absolute Gasteiger partial charge is 0.336 e. The molecule has 1 heterocycles. The zero-order valence-electron chi connectivity index (χ0n) is 23.3. The van der Waals surface area contributed by atoms with E-state index in [4.69, 9.17) is 23.7 Å². The van der Waals surface area contributed by atoms with E-state index >= 15 is 0 Å². The molecule has 3 aromatic rings. The van der Waals surface area contributed by atoms with Gasteiger partial charge in [0.05, 0.1) is 14.2 Å². The molecule has 0 unspecified atom stereocenters. The third kappa shape index (κ3) is 6.60. The van der Waals surface area contributed by atoms with E-state index in [1.165, 1.54) is 14.0 Å². The number of nitrogens with zero attached hydrogens (tertiary/aromatic N) is 1. The number of rotatable bonds is 12. The van der Waals surface area contributed by atoms with E-state index in [2.05, 4.69) is 4.99 Å². The van der Waals surface area contributed by atoms with E-state index in [0.29, 0.717) is 22.6 Å². The van der Waals surface area contributed by atoms with Crippen LogP contribution in [0.15, 0.2) is 77.8 Å². The molecule has 1 aliphatic rings. The van der Waals surface area contributed by atoms with Gasteiger partial charge in [-0.15, -0.1) is 0 Å². The van der Waals surface area contributed by atoms with Crippen molar-refractivity contribution < 1.29 is 43.5 Å². The highest BCUT2D eigenvalue weighted by molar-refractivity contribution is 5.98. The van der Waals surface area contributed by atoms with Crippen molar-refractivity contribution in [1.29, 1.82) is 0 Å². The zero-order valence-corrected chi connectivity index (χ0v) is 23.3. The molecule has 2 N–H and O–H groups in total. The first-order valence-electron chi connectivity index (χ1n) is 13.1. The summed E-state index contributed by atoms with van der Waals surface area (Å²) in [5, 5.41) is 20.0. The molecule has 216 valence electrons. The summed E-state index contributed by atoms with van der Waals surface area (Å²) in [6, 6.07) is 20.5. The van der Waals surface area contributed by atoms with E-state index in [-0.39, 0.29) is 24.7 Å². The monoisotopic (exact) mass is 563 g/mol. The number of carboxylic acids is 1. The maximum absolute atomic E-state index is 12.7. The fourth-order valence-corrected chi connectivity index (χ4v) is 4.30. The Morgan fingerprint density at radius 2 is 1.73 bits per heavy atom. The molecule has 10 heteroatoms. The Kier molecular flexibility index (Phi) is 9.14.